The summed E-state index contributed by atoms with van der Waals surface area (Å²) in [6.07, 6.45) is 2.75. The van der Waals surface area contributed by atoms with Crippen molar-refractivity contribution in [2.75, 3.05) is 16.7 Å². The maximum atomic E-state index is 13.8. The zero-order valence-electron chi connectivity index (χ0n) is 19.3. The number of rotatable bonds is 6. The third-order valence-electron chi connectivity index (χ3n) is 5.62. The lowest BCUT2D eigenvalue weighted by atomic mass is 10.1. The molecule has 0 aliphatic rings. The molecule has 11 heteroatoms. The summed E-state index contributed by atoms with van der Waals surface area (Å²) in [5, 5.41) is 0.519. The van der Waals surface area contributed by atoms with Gasteiger partial charge in [0.1, 0.15) is 17.2 Å². The largest absolute Gasteiger partial charge is 0.310 e. The predicted molar refractivity (Wildman–Crippen MR) is 140 cm³/mol. The fourth-order valence-electron chi connectivity index (χ4n) is 3.75. The smallest absolute Gasteiger partial charge is 0.277 e. The van der Waals surface area contributed by atoms with Crippen molar-refractivity contribution in [1.82, 2.24) is 14.4 Å². The number of nitrogens with zero attached hydrogens (tertiary/aromatic N) is 4. The first kappa shape index (κ1) is 24.4. The average Bonchev–Trinajstić information content (AvgIpc) is 3.27. The van der Waals surface area contributed by atoms with Crippen LogP contribution < -0.4 is 9.62 Å². The highest BCUT2D eigenvalue weighted by Crippen LogP contribution is 2.28. The van der Waals surface area contributed by atoms with Crippen LogP contribution in [0.4, 0.5) is 15.8 Å². The first-order valence-corrected chi connectivity index (χ1v) is 12.8. The monoisotopic (exact) mass is 535 g/mol. The third-order valence-corrected chi connectivity index (χ3v) is 7.27. The number of nitrogens with one attached hydrogen (secondary N) is 1. The van der Waals surface area contributed by atoms with Gasteiger partial charge in [0.15, 0.2) is 0 Å². The summed E-state index contributed by atoms with van der Waals surface area (Å²) in [5.41, 5.74) is 1.57. The minimum absolute atomic E-state index is 0.0755. The summed E-state index contributed by atoms with van der Waals surface area (Å²) in [6, 6.07) is 20.1. The highest BCUT2D eigenvalue weighted by Gasteiger charge is 2.26. The number of fused-ring (bicyclic) bond motifs is 1. The predicted octanol–water partition coefficient (Wildman–Crippen LogP) is 5.27. The van der Waals surface area contributed by atoms with Crippen molar-refractivity contribution < 1.29 is 17.6 Å². The number of sulfonamides is 1. The number of halogens is 2. The van der Waals surface area contributed by atoms with Crippen LogP contribution in [0.2, 0.25) is 5.02 Å². The zero-order chi connectivity index (χ0) is 26.2. The summed E-state index contributed by atoms with van der Waals surface area (Å²) in [4.78, 5) is 24.0. The summed E-state index contributed by atoms with van der Waals surface area (Å²) in [6.45, 7) is 0. The fraction of sp³-hybridized carbons (Fsp3) is 0.0385. The Bertz CT molecular complexity index is 1710. The average molecular weight is 536 g/mol. The molecule has 2 aromatic heterocycles. The van der Waals surface area contributed by atoms with Crippen molar-refractivity contribution >= 4 is 44.7 Å². The van der Waals surface area contributed by atoms with E-state index in [1.165, 1.54) is 58.1 Å². The van der Waals surface area contributed by atoms with Gasteiger partial charge in [-0.05, 0) is 60.7 Å². The van der Waals surface area contributed by atoms with E-state index in [-0.39, 0.29) is 27.7 Å². The van der Waals surface area contributed by atoms with Crippen LogP contribution in [-0.2, 0) is 10.0 Å². The van der Waals surface area contributed by atoms with Crippen molar-refractivity contribution in [2.45, 2.75) is 4.90 Å². The summed E-state index contributed by atoms with van der Waals surface area (Å²) >= 11 is 5.99. The first-order chi connectivity index (χ1) is 17.7. The van der Waals surface area contributed by atoms with E-state index in [4.69, 9.17) is 11.6 Å². The number of carbonyl (C=O) groups excluding carboxylic acids is 1. The van der Waals surface area contributed by atoms with Crippen LogP contribution in [0.5, 0.6) is 0 Å². The van der Waals surface area contributed by atoms with E-state index in [2.05, 4.69) is 14.7 Å². The number of hydrogen-bond donors (Lipinski definition) is 1. The van der Waals surface area contributed by atoms with Gasteiger partial charge < -0.3 is 4.90 Å². The molecular formula is C26H19ClFN5O3S. The van der Waals surface area contributed by atoms with Gasteiger partial charge in [-0.25, -0.2) is 22.8 Å². The number of aromatic nitrogens is 3. The Morgan fingerprint density at radius 3 is 2.35 bits per heavy atom. The van der Waals surface area contributed by atoms with Crippen LogP contribution in [0, 0.1) is 5.82 Å². The van der Waals surface area contributed by atoms with Crippen molar-refractivity contribution in [3.05, 3.63) is 108 Å². The Balaban J connectivity index is 1.63. The van der Waals surface area contributed by atoms with Crippen LogP contribution in [0.15, 0.2) is 96.2 Å². The minimum Gasteiger partial charge on any atom is -0.310 e. The molecule has 0 aliphatic heterocycles. The Morgan fingerprint density at radius 2 is 1.68 bits per heavy atom. The van der Waals surface area contributed by atoms with Gasteiger partial charge in [-0.3, -0.25) is 13.9 Å². The topological polar surface area (TPSA) is 96.7 Å². The molecule has 1 amide bonds. The van der Waals surface area contributed by atoms with Crippen molar-refractivity contribution in [3.63, 3.8) is 0 Å². The second-order valence-corrected chi connectivity index (χ2v) is 10.2. The Kier molecular flexibility index (Phi) is 6.36. The fourth-order valence-corrected chi connectivity index (χ4v) is 4.93. The minimum atomic E-state index is -3.90. The number of amides is 1. The van der Waals surface area contributed by atoms with E-state index in [1.807, 2.05) is 0 Å². The molecule has 3 aromatic carbocycles. The lowest BCUT2D eigenvalue weighted by molar-refractivity contribution is 0.0988. The molecule has 0 unspecified atom stereocenters. The second-order valence-electron chi connectivity index (χ2n) is 8.09. The lowest BCUT2D eigenvalue weighted by Crippen LogP contribution is -2.28. The van der Waals surface area contributed by atoms with Crippen molar-refractivity contribution in [3.8, 4) is 11.3 Å². The van der Waals surface area contributed by atoms with Gasteiger partial charge in [0, 0.05) is 29.5 Å². The molecule has 0 fully saturated rings. The maximum absolute atomic E-state index is 13.8. The molecule has 8 nitrogen and oxygen atoms in total. The molecular weight excluding hydrogens is 517 g/mol. The van der Waals surface area contributed by atoms with E-state index in [9.17, 15) is 17.6 Å². The van der Waals surface area contributed by atoms with Crippen LogP contribution >= 0.6 is 11.6 Å². The van der Waals surface area contributed by atoms with E-state index in [0.717, 1.165) is 0 Å². The Labute approximate surface area is 217 Å². The summed E-state index contributed by atoms with van der Waals surface area (Å²) in [7, 11) is -2.31. The van der Waals surface area contributed by atoms with E-state index < -0.39 is 21.7 Å². The molecule has 0 atom stereocenters. The molecule has 0 bridgehead atoms. The molecule has 5 aromatic rings. The summed E-state index contributed by atoms with van der Waals surface area (Å²) < 4.78 is 43.2. The SMILES string of the molecule is CN(C(=O)c1c(-c2ccc(F)cc2)nc2ncc(NS(=O)(=O)c3ccccc3)cn12)c1ccc(Cl)cc1. The van der Waals surface area contributed by atoms with Crippen molar-refractivity contribution in [2.24, 2.45) is 0 Å². The van der Waals surface area contributed by atoms with E-state index >= 15 is 0 Å². The molecule has 2 heterocycles. The molecule has 0 saturated carbocycles. The van der Waals surface area contributed by atoms with Crippen LogP contribution in [0.25, 0.3) is 17.0 Å². The quantitative estimate of drug-likeness (QED) is 0.320. The van der Waals surface area contributed by atoms with Gasteiger partial charge in [0.05, 0.1) is 16.8 Å². The molecule has 0 saturated heterocycles. The van der Waals surface area contributed by atoms with Gasteiger partial charge in [-0.15, -0.1) is 0 Å². The number of imidazole rings is 1. The molecule has 1 N–H and O–H groups in total. The molecule has 0 spiro atoms. The van der Waals surface area contributed by atoms with Crippen LogP contribution in [0.3, 0.4) is 0 Å². The molecule has 5 rings (SSSR count). The van der Waals surface area contributed by atoms with Crippen LogP contribution in [0.1, 0.15) is 10.5 Å². The number of benzene rings is 3. The first-order valence-electron chi connectivity index (χ1n) is 11.0. The number of anilines is 2. The van der Waals surface area contributed by atoms with Crippen LogP contribution in [-0.4, -0.2) is 35.7 Å². The third kappa shape index (κ3) is 4.89. The van der Waals surface area contributed by atoms with Gasteiger partial charge in [-0.1, -0.05) is 29.8 Å². The Hall–Kier alpha value is -4.28. The number of carbonyl (C=O) groups is 1. The molecule has 0 aliphatic carbocycles. The zero-order valence-corrected chi connectivity index (χ0v) is 20.9. The molecule has 0 radical (unpaired) electrons. The van der Waals surface area contributed by atoms with Gasteiger partial charge in [-0.2, -0.15) is 0 Å². The molecule has 37 heavy (non-hydrogen) atoms. The van der Waals surface area contributed by atoms with E-state index in [1.54, 1.807) is 49.5 Å². The van der Waals surface area contributed by atoms with Gasteiger partial charge >= 0.3 is 0 Å². The second kappa shape index (κ2) is 9.64. The lowest BCUT2D eigenvalue weighted by Gasteiger charge is -2.18. The van der Waals surface area contributed by atoms with Gasteiger partial charge in [0.25, 0.3) is 15.9 Å². The van der Waals surface area contributed by atoms with E-state index in [0.29, 0.717) is 16.3 Å². The maximum Gasteiger partial charge on any atom is 0.277 e. The normalized spacial score (nSPS) is 11.4. The standard InChI is InChI=1S/C26H19ClFN5O3S/c1-32(21-13-9-18(27)10-14-21)25(34)24-23(17-7-11-19(28)12-8-17)30-26-29-15-20(16-33(24)26)31-37(35,36)22-5-3-2-4-6-22/h2-16,31H,1H3. The highest BCUT2D eigenvalue weighted by atomic mass is 35.5. The Morgan fingerprint density at radius 1 is 1.00 bits per heavy atom. The summed E-state index contributed by atoms with van der Waals surface area (Å²) in [5.74, 6) is -0.719. The highest BCUT2D eigenvalue weighted by molar-refractivity contribution is 7.92. The van der Waals surface area contributed by atoms with Gasteiger partial charge in [0.2, 0.25) is 5.78 Å². The van der Waals surface area contributed by atoms with Crippen molar-refractivity contribution in [1.29, 1.82) is 0 Å². The molecule has 186 valence electrons. The number of hydrogen-bond acceptors (Lipinski definition) is 5.